The van der Waals surface area contributed by atoms with E-state index in [0.717, 1.165) is 0 Å². The first kappa shape index (κ1) is 13.8. The van der Waals surface area contributed by atoms with Crippen molar-refractivity contribution < 1.29 is 18.8 Å². The predicted octanol–water partition coefficient (Wildman–Crippen LogP) is 3.03. The van der Waals surface area contributed by atoms with Crippen LogP contribution in [0.1, 0.15) is 0 Å². The van der Waals surface area contributed by atoms with Crippen LogP contribution in [-0.4, -0.2) is 19.3 Å². The molecule has 0 fully saturated rings. The fourth-order valence-electron chi connectivity index (χ4n) is 0.825. The molecule has 0 bridgehead atoms. The third-order valence-electron chi connectivity index (χ3n) is 1.53. The van der Waals surface area contributed by atoms with E-state index in [0.29, 0.717) is 0 Å². The highest BCUT2D eigenvalue weighted by Gasteiger charge is 2.65. The molecule has 0 heterocycles. The number of rotatable bonds is 2. The van der Waals surface area contributed by atoms with Gasteiger partial charge in [-0.3, -0.25) is 4.79 Å². The lowest BCUT2D eigenvalue weighted by Gasteiger charge is -2.22. The molecule has 0 radical (unpaired) electrons. The molecular weight excluding hydrogens is 332 g/mol. The number of carbonyl (C=O) groups is 1. The molecule has 4 nitrogen and oxygen atoms in total. The van der Waals surface area contributed by atoms with Crippen LogP contribution < -0.4 is 0 Å². The van der Waals surface area contributed by atoms with Crippen molar-refractivity contribution >= 4 is 72.0 Å². The Morgan fingerprint density at radius 2 is 1.67 bits per heavy atom. The molecular formula is C5HCl5O4P+. The standard InChI is InChI=1S/C5Cl5O4P/c6-2-1(14-15(12)13)3(11)5(9,10)4(2,7)8/p+1. The minimum atomic E-state index is -3.10. The zero-order chi connectivity index (χ0) is 12.0. The number of halogens is 5. The van der Waals surface area contributed by atoms with E-state index in [1.54, 1.807) is 0 Å². The normalized spacial score (nSPS) is 24.4. The monoisotopic (exact) mass is 331 g/mol. The highest BCUT2D eigenvalue weighted by Crippen LogP contribution is 2.57. The summed E-state index contributed by atoms with van der Waals surface area (Å²) in [6, 6.07) is 0. The van der Waals surface area contributed by atoms with Crippen LogP contribution >= 0.6 is 66.3 Å². The molecule has 84 valence electrons. The molecule has 0 aromatic heterocycles. The first-order valence-electron chi connectivity index (χ1n) is 3.17. The Labute approximate surface area is 110 Å². The minimum absolute atomic E-state index is 0.529. The van der Waals surface area contributed by atoms with E-state index >= 15 is 0 Å². The van der Waals surface area contributed by atoms with Crippen molar-refractivity contribution in [1.82, 2.24) is 0 Å². The van der Waals surface area contributed by atoms with Gasteiger partial charge in [-0.15, -0.1) is 4.89 Å². The van der Waals surface area contributed by atoms with Gasteiger partial charge in [0.05, 0.1) is 0 Å². The van der Waals surface area contributed by atoms with E-state index in [9.17, 15) is 9.36 Å². The topological polar surface area (TPSA) is 63.6 Å². The average Bonchev–Trinajstić information content (AvgIpc) is 2.18. The largest absolute Gasteiger partial charge is 0.747 e. The summed E-state index contributed by atoms with van der Waals surface area (Å²) in [5, 5.41) is -0.529. The van der Waals surface area contributed by atoms with Crippen LogP contribution in [0.15, 0.2) is 10.8 Å². The quantitative estimate of drug-likeness (QED) is 0.623. The SMILES string of the molecule is O=C1C(O[P+](=O)O)=C(Cl)C(Cl)(Cl)C1(Cl)Cl. The van der Waals surface area contributed by atoms with Crippen molar-refractivity contribution in [3.8, 4) is 0 Å². The van der Waals surface area contributed by atoms with Gasteiger partial charge in [0, 0.05) is 4.57 Å². The number of Topliss-reactive ketones (excluding diaryl/α,β-unsaturated/α-hetero) is 1. The summed E-state index contributed by atoms with van der Waals surface area (Å²) in [5.74, 6) is -1.78. The van der Waals surface area contributed by atoms with Gasteiger partial charge in [0.1, 0.15) is 5.03 Å². The maximum absolute atomic E-state index is 11.4. The van der Waals surface area contributed by atoms with Crippen molar-refractivity contribution in [3.05, 3.63) is 10.8 Å². The highest BCUT2D eigenvalue weighted by atomic mass is 35.5. The van der Waals surface area contributed by atoms with Gasteiger partial charge in [-0.25, -0.2) is 4.52 Å². The summed E-state index contributed by atoms with van der Waals surface area (Å²) >= 11 is 27.9. The van der Waals surface area contributed by atoms with E-state index in [1.807, 2.05) is 0 Å². The number of carbonyl (C=O) groups excluding carboxylic acids is 1. The third kappa shape index (κ3) is 2.09. The average molecular weight is 333 g/mol. The van der Waals surface area contributed by atoms with Gasteiger partial charge in [0.2, 0.25) is 10.1 Å². The van der Waals surface area contributed by atoms with Gasteiger partial charge < -0.3 is 0 Å². The molecule has 0 aromatic carbocycles. The second-order valence-corrected chi connectivity index (χ2v) is 6.14. The molecule has 10 heteroatoms. The molecule has 1 rings (SSSR count). The second-order valence-electron chi connectivity index (χ2n) is 2.45. The molecule has 1 N–H and O–H groups in total. The van der Waals surface area contributed by atoms with Crippen LogP contribution in [0.3, 0.4) is 0 Å². The summed E-state index contributed by atoms with van der Waals surface area (Å²) in [6.45, 7) is 0. The van der Waals surface area contributed by atoms with Crippen molar-refractivity contribution in [3.63, 3.8) is 0 Å². The molecule has 0 spiro atoms. The first-order chi connectivity index (χ1) is 6.62. The molecule has 0 aliphatic heterocycles. The zero-order valence-corrected chi connectivity index (χ0v) is 11.2. The Morgan fingerprint density at radius 3 is 1.93 bits per heavy atom. The van der Waals surface area contributed by atoms with Crippen LogP contribution in [0.2, 0.25) is 0 Å². The molecule has 0 saturated heterocycles. The second kappa shape index (κ2) is 4.19. The lowest BCUT2D eigenvalue weighted by atomic mass is 10.3. The van der Waals surface area contributed by atoms with Gasteiger partial charge in [0.15, 0.2) is 4.33 Å². The Kier molecular flexibility index (Phi) is 3.85. The molecule has 0 saturated carbocycles. The number of allylic oxidation sites excluding steroid dienone is 2. The lowest BCUT2D eigenvalue weighted by Crippen LogP contribution is -2.38. The lowest BCUT2D eigenvalue weighted by molar-refractivity contribution is -0.117. The van der Waals surface area contributed by atoms with Crippen LogP contribution in [0.5, 0.6) is 0 Å². The molecule has 1 unspecified atom stereocenters. The number of ketones is 1. The highest BCUT2D eigenvalue weighted by molar-refractivity contribution is 7.32. The van der Waals surface area contributed by atoms with Crippen molar-refractivity contribution in [1.29, 1.82) is 0 Å². The van der Waals surface area contributed by atoms with Crippen molar-refractivity contribution in [2.45, 2.75) is 8.67 Å². The van der Waals surface area contributed by atoms with Crippen LogP contribution in [0, 0.1) is 0 Å². The number of alkyl halides is 4. The van der Waals surface area contributed by atoms with Crippen LogP contribution in [0.4, 0.5) is 0 Å². The van der Waals surface area contributed by atoms with E-state index in [1.165, 1.54) is 0 Å². The summed E-state index contributed by atoms with van der Waals surface area (Å²) < 4.78 is 10.2. The minimum Gasteiger partial charge on any atom is -0.287 e. The Bertz CT molecular complexity index is 376. The van der Waals surface area contributed by atoms with Gasteiger partial charge in [0.25, 0.3) is 5.76 Å². The summed E-state index contributed by atoms with van der Waals surface area (Å²) in [5.41, 5.74) is 0. The first-order valence-corrected chi connectivity index (χ1v) is 6.19. The van der Waals surface area contributed by atoms with E-state index in [-0.39, 0.29) is 0 Å². The van der Waals surface area contributed by atoms with E-state index < -0.39 is 33.5 Å². The van der Waals surface area contributed by atoms with Gasteiger partial charge in [-0.1, -0.05) is 58.0 Å². The maximum atomic E-state index is 11.4. The Morgan fingerprint density at radius 1 is 1.20 bits per heavy atom. The van der Waals surface area contributed by atoms with Gasteiger partial charge in [-0.05, 0) is 0 Å². The predicted molar refractivity (Wildman–Crippen MR) is 57.7 cm³/mol. The van der Waals surface area contributed by atoms with Crippen molar-refractivity contribution in [2.75, 3.05) is 0 Å². The molecule has 0 aromatic rings. The third-order valence-corrected chi connectivity index (χ3v) is 4.76. The fourth-order valence-corrected chi connectivity index (χ4v) is 2.28. The number of hydrogen-bond donors (Lipinski definition) is 1. The molecule has 0 amide bonds. The van der Waals surface area contributed by atoms with Crippen molar-refractivity contribution in [2.24, 2.45) is 0 Å². The van der Waals surface area contributed by atoms with Crippen LogP contribution in [-0.2, 0) is 13.9 Å². The molecule has 1 aliphatic rings. The summed E-state index contributed by atoms with van der Waals surface area (Å²) in [7, 11) is -3.10. The van der Waals surface area contributed by atoms with Crippen LogP contribution in [0.25, 0.3) is 0 Å². The maximum Gasteiger partial charge on any atom is 0.747 e. The van der Waals surface area contributed by atoms with Gasteiger partial charge >= 0.3 is 8.25 Å². The van der Waals surface area contributed by atoms with Gasteiger partial charge in [-0.2, -0.15) is 0 Å². The summed E-state index contributed by atoms with van der Waals surface area (Å²) in [4.78, 5) is 19.9. The van der Waals surface area contributed by atoms with E-state index in [4.69, 9.17) is 62.9 Å². The molecule has 15 heavy (non-hydrogen) atoms. The Balaban J connectivity index is 3.23. The Hall–Kier alpha value is 0.720. The fraction of sp³-hybridized carbons (Fsp3) is 0.400. The summed E-state index contributed by atoms with van der Waals surface area (Å²) in [6.07, 6.45) is 0. The molecule has 1 atom stereocenters. The van der Waals surface area contributed by atoms with E-state index in [2.05, 4.69) is 4.52 Å². The number of hydrogen-bond acceptors (Lipinski definition) is 3. The zero-order valence-electron chi connectivity index (χ0n) is 6.51. The molecule has 1 aliphatic carbocycles. The smallest absolute Gasteiger partial charge is 0.287 e.